The molecule has 8 heteroatoms. The monoisotopic (exact) mass is 337 g/mol. The standard InChI is InChI=1S/C14H18F3N3O.ClH/c1-8-10(5-6-11(19-8)14(15,16)17)12(21)20-13(2,7-18)9-3-4-9;/h5-6,9H,3-4,7,18H2,1-2H3,(H,20,21);1H. The summed E-state index contributed by atoms with van der Waals surface area (Å²) in [5.41, 5.74) is 4.39. The molecule has 0 bridgehead atoms. The minimum atomic E-state index is -4.51. The molecule has 1 amide bonds. The number of nitrogens with one attached hydrogen (secondary N) is 1. The molecular formula is C14H19ClF3N3O. The van der Waals surface area contributed by atoms with Crippen molar-refractivity contribution in [1.29, 1.82) is 0 Å². The second-order valence-corrected chi connectivity index (χ2v) is 5.68. The van der Waals surface area contributed by atoms with Crippen LogP contribution in [0.5, 0.6) is 0 Å². The highest BCUT2D eigenvalue weighted by atomic mass is 35.5. The Labute approximate surface area is 133 Å². The van der Waals surface area contributed by atoms with Crippen LogP contribution in [0.25, 0.3) is 0 Å². The van der Waals surface area contributed by atoms with Crippen LogP contribution in [0.2, 0.25) is 0 Å². The normalized spacial score (nSPS) is 17.4. The van der Waals surface area contributed by atoms with Crippen LogP contribution in [-0.4, -0.2) is 23.0 Å². The highest BCUT2D eigenvalue weighted by Gasteiger charge is 2.42. The number of hydrogen-bond donors (Lipinski definition) is 2. The number of aromatic nitrogens is 1. The van der Waals surface area contributed by atoms with Crippen LogP contribution in [-0.2, 0) is 6.18 Å². The molecule has 0 aliphatic heterocycles. The van der Waals surface area contributed by atoms with Gasteiger partial charge in [0.25, 0.3) is 5.91 Å². The third-order valence-electron chi connectivity index (χ3n) is 3.92. The van der Waals surface area contributed by atoms with Gasteiger partial charge < -0.3 is 11.1 Å². The lowest BCUT2D eigenvalue weighted by molar-refractivity contribution is -0.141. The molecule has 0 radical (unpaired) electrons. The highest BCUT2D eigenvalue weighted by molar-refractivity contribution is 5.95. The second-order valence-electron chi connectivity index (χ2n) is 5.68. The van der Waals surface area contributed by atoms with Crippen LogP contribution in [0.4, 0.5) is 13.2 Å². The summed E-state index contributed by atoms with van der Waals surface area (Å²) >= 11 is 0. The van der Waals surface area contributed by atoms with Gasteiger partial charge in [0.15, 0.2) is 0 Å². The molecule has 1 unspecified atom stereocenters. The van der Waals surface area contributed by atoms with E-state index in [1.54, 1.807) is 0 Å². The van der Waals surface area contributed by atoms with Crippen molar-refractivity contribution in [3.8, 4) is 0 Å². The molecule has 0 aromatic carbocycles. The number of rotatable bonds is 4. The third-order valence-corrected chi connectivity index (χ3v) is 3.92. The second kappa shape index (κ2) is 6.42. The van der Waals surface area contributed by atoms with Crippen molar-refractivity contribution in [2.45, 2.75) is 38.4 Å². The molecule has 2 rings (SSSR count). The zero-order chi connectivity index (χ0) is 15.8. The van der Waals surface area contributed by atoms with Crippen molar-refractivity contribution < 1.29 is 18.0 Å². The lowest BCUT2D eigenvalue weighted by Crippen LogP contribution is -2.53. The minimum absolute atomic E-state index is 0. The summed E-state index contributed by atoms with van der Waals surface area (Å²) in [6, 6.07) is 1.98. The predicted molar refractivity (Wildman–Crippen MR) is 78.9 cm³/mol. The Balaban J connectivity index is 0.00000242. The fourth-order valence-electron chi connectivity index (χ4n) is 2.33. The Kier molecular flexibility index (Phi) is 5.46. The van der Waals surface area contributed by atoms with E-state index in [2.05, 4.69) is 10.3 Å². The van der Waals surface area contributed by atoms with Gasteiger partial charge in [-0.25, -0.2) is 4.98 Å². The summed E-state index contributed by atoms with van der Waals surface area (Å²) in [5, 5.41) is 2.84. The SMILES string of the molecule is Cc1nc(C(F)(F)F)ccc1C(=O)NC(C)(CN)C1CC1.Cl. The molecule has 1 heterocycles. The maximum Gasteiger partial charge on any atom is 0.433 e. The van der Waals surface area contributed by atoms with E-state index in [4.69, 9.17) is 5.73 Å². The number of nitrogens with two attached hydrogens (primary N) is 1. The van der Waals surface area contributed by atoms with Crippen LogP contribution >= 0.6 is 12.4 Å². The van der Waals surface area contributed by atoms with E-state index >= 15 is 0 Å². The quantitative estimate of drug-likeness (QED) is 0.887. The molecule has 22 heavy (non-hydrogen) atoms. The number of nitrogens with zero attached hydrogens (tertiary/aromatic N) is 1. The van der Waals surface area contributed by atoms with E-state index in [0.717, 1.165) is 25.0 Å². The van der Waals surface area contributed by atoms with Crippen molar-refractivity contribution in [3.05, 3.63) is 29.1 Å². The van der Waals surface area contributed by atoms with Gasteiger partial charge in [-0.15, -0.1) is 12.4 Å². The molecule has 1 fully saturated rings. The first kappa shape index (κ1) is 18.7. The lowest BCUT2D eigenvalue weighted by atomic mass is 9.95. The number of halogens is 4. The topological polar surface area (TPSA) is 68.0 Å². The number of carbonyl (C=O) groups is 1. The first-order valence-corrected chi connectivity index (χ1v) is 6.75. The molecule has 1 aliphatic carbocycles. The van der Waals surface area contributed by atoms with E-state index in [0.29, 0.717) is 5.92 Å². The number of hydrogen-bond acceptors (Lipinski definition) is 3. The number of pyridine rings is 1. The van der Waals surface area contributed by atoms with Crippen molar-refractivity contribution in [2.75, 3.05) is 6.54 Å². The largest absolute Gasteiger partial charge is 0.433 e. The van der Waals surface area contributed by atoms with Gasteiger partial charge in [0, 0.05) is 6.54 Å². The Bertz CT molecular complexity index is 561. The molecule has 3 N–H and O–H groups in total. The smallest absolute Gasteiger partial charge is 0.345 e. The zero-order valence-electron chi connectivity index (χ0n) is 12.3. The molecule has 4 nitrogen and oxygen atoms in total. The molecule has 1 aliphatic rings. The van der Waals surface area contributed by atoms with Gasteiger partial charge >= 0.3 is 6.18 Å². The fourth-order valence-corrected chi connectivity index (χ4v) is 2.33. The van der Waals surface area contributed by atoms with Gasteiger partial charge in [-0.05, 0) is 44.7 Å². The summed E-state index contributed by atoms with van der Waals surface area (Å²) in [4.78, 5) is 15.7. The molecule has 0 saturated heterocycles. The first-order chi connectivity index (χ1) is 9.67. The Morgan fingerprint density at radius 3 is 2.41 bits per heavy atom. The van der Waals surface area contributed by atoms with E-state index in [1.807, 2.05) is 6.92 Å². The van der Waals surface area contributed by atoms with E-state index < -0.39 is 23.3 Å². The van der Waals surface area contributed by atoms with Gasteiger partial charge in [-0.1, -0.05) is 0 Å². The first-order valence-electron chi connectivity index (χ1n) is 6.75. The molecule has 0 spiro atoms. The van der Waals surface area contributed by atoms with Crippen molar-refractivity contribution in [2.24, 2.45) is 11.7 Å². The average Bonchev–Trinajstić information content (AvgIpc) is 3.21. The third kappa shape index (κ3) is 3.89. The average molecular weight is 338 g/mol. The van der Waals surface area contributed by atoms with Crippen LogP contribution in [0.1, 0.15) is 41.5 Å². The summed E-state index contributed by atoms with van der Waals surface area (Å²) in [7, 11) is 0. The molecule has 1 saturated carbocycles. The number of carbonyl (C=O) groups excluding carboxylic acids is 1. The Morgan fingerprint density at radius 1 is 1.41 bits per heavy atom. The lowest BCUT2D eigenvalue weighted by Gasteiger charge is -2.29. The fraction of sp³-hybridized carbons (Fsp3) is 0.571. The zero-order valence-corrected chi connectivity index (χ0v) is 13.1. The molecule has 1 atom stereocenters. The highest BCUT2D eigenvalue weighted by Crippen LogP contribution is 2.39. The van der Waals surface area contributed by atoms with Gasteiger partial charge in [0.2, 0.25) is 0 Å². The van der Waals surface area contributed by atoms with Gasteiger partial charge in [-0.2, -0.15) is 13.2 Å². The molecule has 1 aromatic rings. The van der Waals surface area contributed by atoms with Crippen molar-refractivity contribution in [1.82, 2.24) is 10.3 Å². The number of aryl methyl sites for hydroxylation is 1. The summed E-state index contributed by atoms with van der Waals surface area (Å²) < 4.78 is 37.7. The van der Waals surface area contributed by atoms with E-state index in [-0.39, 0.29) is 30.2 Å². The molecular weight excluding hydrogens is 319 g/mol. The molecule has 1 aromatic heterocycles. The number of alkyl halides is 3. The number of amides is 1. The van der Waals surface area contributed by atoms with Crippen molar-refractivity contribution >= 4 is 18.3 Å². The van der Waals surface area contributed by atoms with Crippen LogP contribution in [0, 0.1) is 12.8 Å². The van der Waals surface area contributed by atoms with Gasteiger partial charge in [0.05, 0.1) is 16.8 Å². The maximum atomic E-state index is 12.6. The van der Waals surface area contributed by atoms with Crippen molar-refractivity contribution in [3.63, 3.8) is 0 Å². The Hall–Kier alpha value is -1.34. The minimum Gasteiger partial charge on any atom is -0.345 e. The maximum absolute atomic E-state index is 12.6. The van der Waals surface area contributed by atoms with Gasteiger partial charge in [-0.3, -0.25) is 4.79 Å². The van der Waals surface area contributed by atoms with Crippen LogP contribution in [0.15, 0.2) is 12.1 Å². The van der Waals surface area contributed by atoms with Gasteiger partial charge in [0.1, 0.15) is 5.69 Å². The summed E-state index contributed by atoms with van der Waals surface area (Å²) in [6.07, 6.45) is -2.52. The van der Waals surface area contributed by atoms with Crippen LogP contribution in [0.3, 0.4) is 0 Å². The van der Waals surface area contributed by atoms with E-state index in [1.165, 1.54) is 6.92 Å². The van der Waals surface area contributed by atoms with E-state index in [9.17, 15) is 18.0 Å². The molecule has 124 valence electrons. The Morgan fingerprint density at radius 2 is 2.00 bits per heavy atom. The summed E-state index contributed by atoms with van der Waals surface area (Å²) in [6.45, 7) is 3.53. The predicted octanol–water partition coefficient (Wildman–Crippen LogP) is 2.69. The van der Waals surface area contributed by atoms with Crippen LogP contribution < -0.4 is 11.1 Å². The summed E-state index contributed by atoms with van der Waals surface area (Å²) in [5.74, 6) is -0.109.